The maximum Gasteiger partial charge on any atom is 0.119 e. The van der Waals surface area contributed by atoms with Crippen molar-refractivity contribution in [1.29, 1.82) is 0 Å². The summed E-state index contributed by atoms with van der Waals surface area (Å²) in [5, 5.41) is 8.05. The summed E-state index contributed by atoms with van der Waals surface area (Å²) in [4.78, 5) is 9.58. The molecule has 0 saturated carbocycles. The van der Waals surface area contributed by atoms with Crippen molar-refractivity contribution in [3.63, 3.8) is 0 Å². The van der Waals surface area contributed by atoms with Gasteiger partial charge >= 0.3 is 0 Å². The largest absolute Gasteiger partial charge is 0.390 e. The van der Waals surface area contributed by atoms with Gasteiger partial charge in [0.2, 0.25) is 0 Å². The van der Waals surface area contributed by atoms with Crippen LogP contribution in [-0.2, 0) is 4.79 Å². The van der Waals surface area contributed by atoms with E-state index in [0.717, 1.165) is 19.3 Å². The number of carbonyl (C=O) groups is 1. The predicted octanol–water partition coefficient (Wildman–Crippen LogP) is 0.890. The van der Waals surface area contributed by atoms with Crippen molar-refractivity contribution in [3.8, 4) is 0 Å². The highest BCUT2D eigenvalue weighted by Crippen LogP contribution is 1.91. The molecule has 0 aliphatic carbocycles. The standard InChI is InChI=1S/C5H9O2/c6-4-2-1-3-5-7/h4-6H,1-3H2. The Morgan fingerprint density at radius 2 is 2.14 bits per heavy atom. The Labute approximate surface area is 43.2 Å². The van der Waals surface area contributed by atoms with E-state index in [1.807, 2.05) is 0 Å². The Morgan fingerprint density at radius 3 is 2.57 bits per heavy atom. The number of aldehydes is 1. The summed E-state index contributed by atoms with van der Waals surface area (Å²) >= 11 is 0. The maximum absolute atomic E-state index is 9.58. The molecule has 0 fully saturated rings. The summed E-state index contributed by atoms with van der Waals surface area (Å²) in [5.74, 6) is 0. The molecular formula is C5H9O2. The van der Waals surface area contributed by atoms with E-state index in [1.54, 1.807) is 0 Å². The topological polar surface area (TPSA) is 37.3 Å². The minimum absolute atomic E-state index is 0.553. The SMILES string of the molecule is O=CCCC[CH]O. The van der Waals surface area contributed by atoms with E-state index >= 15 is 0 Å². The molecule has 0 aromatic heterocycles. The molecule has 2 heteroatoms. The minimum atomic E-state index is 0.553. The second-order valence-corrected chi connectivity index (χ2v) is 1.28. The van der Waals surface area contributed by atoms with Gasteiger partial charge in [0.1, 0.15) is 6.29 Å². The lowest BCUT2D eigenvalue weighted by Crippen LogP contribution is -1.76. The van der Waals surface area contributed by atoms with Crippen LogP contribution in [-0.4, -0.2) is 11.4 Å². The van der Waals surface area contributed by atoms with Gasteiger partial charge in [-0.05, 0) is 12.8 Å². The third-order valence-corrected chi connectivity index (χ3v) is 0.655. The first-order chi connectivity index (χ1) is 3.41. The molecule has 0 aromatic rings. The highest BCUT2D eigenvalue weighted by Gasteiger charge is 1.81. The Hall–Kier alpha value is -0.370. The van der Waals surface area contributed by atoms with E-state index in [2.05, 4.69) is 0 Å². The fourth-order valence-corrected chi connectivity index (χ4v) is 0.292. The van der Waals surface area contributed by atoms with Gasteiger partial charge in [0.25, 0.3) is 0 Å². The minimum Gasteiger partial charge on any atom is -0.390 e. The van der Waals surface area contributed by atoms with Crippen LogP contribution in [0.5, 0.6) is 0 Å². The van der Waals surface area contributed by atoms with Crippen LogP contribution in [0, 0.1) is 6.61 Å². The molecule has 0 saturated heterocycles. The van der Waals surface area contributed by atoms with E-state index in [1.165, 1.54) is 0 Å². The van der Waals surface area contributed by atoms with Crippen molar-refractivity contribution in [2.75, 3.05) is 0 Å². The Bertz CT molecular complexity index is 43.3. The average Bonchev–Trinajstić information content (AvgIpc) is 1.69. The monoisotopic (exact) mass is 101 g/mol. The van der Waals surface area contributed by atoms with Crippen LogP contribution < -0.4 is 0 Å². The van der Waals surface area contributed by atoms with Crippen molar-refractivity contribution in [3.05, 3.63) is 6.61 Å². The first-order valence-electron chi connectivity index (χ1n) is 2.31. The molecule has 0 spiro atoms. The fourth-order valence-electron chi connectivity index (χ4n) is 0.292. The first kappa shape index (κ1) is 6.63. The normalized spacial score (nSPS) is 8.71. The number of aliphatic hydroxyl groups excluding tert-OH is 1. The summed E-state index contributed by atoms with van der Waals surface area (Å²) in [7, 11) is 0. The van der Waals surface area contributed by atoms with Crippen LogP contribution >= 0.6 is 0 Å². The van der Waals surface area contributed by atoms with E-state index in [9.17, 15) is 4.79 Å². The third kappa shape index (κ3) is 5.63. The zero-order valence-corrected chi connectivity index (χ0v) is 4.13. The molecule has 0 bridgehead atoms. The average molecular weight is 101 g/mol. The van der Waals surface area contributed by atoms with Crippen LogP contribution in [0.4, 0.5) is 0 Å². The molecule has 0 amide bonds. The molecule has 0 atom stereocenters. The van der Waals surface area contributed by atoms with Crippen molar-refractivity contribution >= 4 is 6.29 Å². The molecule has 0 aliphatic rings. The molecular weight excluding hydrogens is 92.1 g/mol. The second kappa shape index (κ2) is 5.63. The summed E-state index contributed by atoms with van der Waals surface area (Å²) in [6, 6.07) is 0. The van der Waals surface area contributed by atoms with Crippen LogP contribution in [0.25, 0.3) is 0 Å². The van der Waals surface area contributed by atoms with Gasteiger partial charge in [-0.3, -0.25) is 0 Å². The van der Waals surface area contributed by atoms with Crippen LogP contribution in [0.2, 0.25) is 0 Å². The molecule has 1 N–H and O–H groups in total. The predicted molar refractivity (Wildman–Crippen MR) is 26.2 cm³/mol. The first-order valence-corrected chi connectivity index (χ1v) is 2.31. The van der Waals surface area contributed by atoms with Crippen LogP contribution in [0.15, 0.2) is 0 Å². The molecule has 7 heavy (non-hydrogen) atoms. The van der Waals surface area contributed by atoms with Gasteiger partial charge < -0.3 is 9.90 Å². The summed E-state index contributed by atoms with van der Waals surface area (Å²) in [5.41, 5.74) is 0. The van der Waals surface area contributed by atoms with Gasteiger partial charge in [-0.25, -0.2) is 0 Å². The van der Waals surface area contributed by atoms with Crippen molar-refractivity contribution < 1.29 is 9.90 Å². The van der Waals surface area contributed by atoms with Crippen LogP contribution in [0.3, 0.4) is 0 Å². The zero-order valence-electron chi connectivity index (χ0n) is 4.13. The van der Waals surface area contributed by atoms with Crippen molar-refractivity contribution in [2.24, 2.45) is 0 Å². The summed E-state index contributed by atoms with van der Waals surface area (Å²) in [6.45, 7) is 1.07. The highest BCUT2D eigenvalue weighted by molar-refractivity contribution is 5.48. The smallest absolute Gasteiger partial charge is 0.119 e. The lowest BCUT2D eigenvalue weighted by Gasteiger charge is -1.84. The van der Waals surface area contributed by atoms with Crippen molar-refractivity contribution in [1.82, 2.24) is 0 Å². The molecule has 0 aromatic carbocycles. The Morgan fingerprint density at radius 1 is 1.43 bits per heavy atom. The maximum atomic E-state index is 9.58. The van der Waals surface area contributed by atoms with Gasteiger partial charge in [-0.15, -0.1) is 0 Å². The molecule has 0 unspecified atom stereocenters. The highest BCUT2D eigenvalue weighted by atomic mass is 16.2. The number of hydrogen-bond acceptors (Lipinski definition) is 2. The molecule has 0 aliphatic heterocycles. The molecule has 0 heterocycles. The number of unbranched alkanes of at least 4 members (excludes halogenated alkanes) is 2. The number of carbonyl (C=O) groups excluding carboxylic acids is 1. The zero-order chi connectivity index (χ0) is 5.54. The van der Waals surface area contributed by atoms with Gasteiger partial charge in [0, 0.05) is 6.42 Å². The van der Waals surface area contributed by atoms with Gasteiger partial charge in [-0.2, -0.15) is 0 Å². The number of hydrogen-bond donors (Lipinski definition) is 1. The van der Waals surface area contributed by atoms with E-state index in [0.29, 0.717) is 12.8 Å². The van der Waals surface area contributed by atoms with E-state index < -0.39 is 0 Å². The third-order valence-electron chi connectivity index (χ3n) is 0.655. The summed E-state index contributed by atoms with van der Waals surface area (Å²) in [6.07, 6.45) is 2.79. The molecule has 0 rings (SSSR count). The molecule has 41 valence electrons. The second-order valence-electron chi connectivity index (χ2n) is 1.28. The Balaban J connectivity index is 2.56. The van der Waals surface area contributed by atoms with E-state index in [-0.39, 0.29) is 0 Å². The fraction of sp³-hybridized carbons (Fsp3) is 0.600. The van der Waals surface area contributed by atoms with Crippen molar-refractivity contribution in [2.45, 2.75) is 19.3 Å². The number of aliphatic hydroxyl groups is 1. The van der Waals surface area contributed by atoms with Gasteiger partial charge in [-0.1, -0.05) is 0 Å². The molecule has 1 radical (unpaired) electrons. The van der Waals surface area contributed by atoms with Crippen LogP contribution in [0.1, 0.15) is 19.3 Å². The van der Waals surface area contributed by atoms with Gasteiger partial charge in [0.05, 0.1) is 6.61 Å². The lowest BCUT2D eigenvalue weighted by atomic mass is 10.3. The van der Waals surface area contributed by atoms with Gasteiger partial charge in [0.15, 0.2) is 0 Å². The quantitative estimate of drug-likeness (QED) is 0.421. The summed E-state index contributed by atoms with van der Waals surface area (Å²) < 4.78 is 0. The lowest BCUT2D eigenvalue weighted by molar-refractivity contribution is -0.107. The molecule has 2 nitrogen and oxygen atoms in total. The number of rotatable bonds is 4. The van der Waals surface area contributed by atoms with E-state index in [4.69, 9.17) is 5.11 Å². The Kier molecular flexibility index (Phi) is 5.33.